The van der Waals surface area contributed by atoms with Crippen molar-refractivity contribution in [2.75, 3.05) is 11.9 Å². The summed E-state index contributed by atoms with van der Waals surface area (Å²) in [5, 5.41) is 5.98. The van der Waals surface area contributed by atoms with E-state index in [0.717, 1.165) is 10.6 Å². The summed E-state index contributed by atoms with van der Waals surface area (Å²) in [5.74, 6) is -0.630. The van der Waals surface area contributed by atoms with Crippen LogP contribution in [-0.2, 0) is 13.0 Å². The summed E-state index contributed by atoms with van der Waals surface area (Å²) in [6.45, 7) is 4.68. The average Bonchev–Trinajstić information content (AvgIpc) is 2.94. The number of hydrogen-bond donors (Lipinski definition) is 2. The van der Waals surface area contributed by atoms with Crippen molar-refractivity contribution in [1.29, 1.82) is 0 Å². The number of halogens is 1. The number of carbonyl (C=O) groups excluding carboxylic acids is 2. The van der Waals surface area contributed by atoms with Gasteiger partial charge in [0.25, 0.3) is 5.91 Å². The molecule has 132 valence electrons. The number of nitrogens with one attached hydrogen (secondary N) is 2. The van der Waals surface area contributed by atoms with Gasteiger partial charge in [0.2, 0.25) is 0 Å². The van der Waals surface area contributed by atoms with E-state index in [2.05, 4.69) is 15.6 Å². The molecule has 2 aromatic rings. The number of aromatic nitrogens is 1. The predicted molar refractivity (Wildman–Crippen MR) is 94.2 cm³/mol. The van der Waals surface area contributed by atoms with E-state index in [9.17, 15) is 14.0 Å². The lowest BCUT2D eigenvalue weighted by atomic mass is 10.1. The summed E-state index contributed by atoms with van der Waals surface area (Å²) >= 11 is 1.36. The van der Waals surface area contributed by atoms with Gasteiger partial charge in [-0.25, -0.2) is 14.2 Å². The van der Waals surface area contributed by atoms with Gasteiger partial charge in [-0.05, 0) is 32.0 Å². The summed E-state index contributed by atoms with van der Waals surface area (Å²) in [6.07, 6.45) is 0.611. The van der Waals surface area contributed by atoms with Crippen LogP contribution in [0.15, 0.2) is 24.3 Å². The van der Waals surface area contributed by atoms with E-state index in [1.54, 1.807) is 11.0 Å². The second-order valence-electron chi connectivity index (χ2n) is 6.13. The molecule has 0 atom stereocenters. The zero-order valence-corrected chi connectivity index (χ0v) is 14.8. The summed E-state index contributed by atoms with van der Waals surface area (Å²) < 4.78 is 13.3. The Labute approximate surface area is 149 Å². The highest BCUT2D eigenvalue weighted by Gasteiger charge is 2.25. The first-order valence-corrected chi connectivity index (χ1v) is 8.85. The second kappa shape index (κ2) is 7.18. The Kier molecular flexibility index (Phi) is 4.98. The van der Waals surface area contributed by atoms with Crippen LogP contribution in [0.25, 0.3) is 0 Å². The topological polar surface area (TPSA) is 74.3 Å². The van der Waals surface area contributed by atoms with Gasteiger partial charge in [0.15, 0.2) is 5.13 Å². The Hall–Kier alpha value is -2.48. The van der Waals surface area contributed by atoms with E-state index in [1.807, 2.05) is 13.8 Å². The molecule has 0 radical (unpaired) electrons. The fraction of sp³-hybridized carbons (Fsp3) is 0.353. The van der Waals surface area contributed by atoms with Gasteiger partial charge in [-0.15, -0.1) is 0 Å². The van der Waals surface area contributed by atoms with Crippen LogP contribution >= 0.6 is 11.3 Å². The van der Waals surface area contributed by atoms with Gasteiger partial charge in [-0.1, -0.05) is 17.4 Å². The minimum atomic E-state index is -0.427. The van der Waals surface area contributed by atoms with Crippen LogP contribution in [0, 0.1) is 5.82 Å². The van der Waals surface area contributed by atoms with Gasteiger partial charge in [0.1, 0.15) is 5.82 Å². The summed E-state index contributed by atoms with van der Waals surface area (Å²) in [7, 11) is 0. The van der Waals surface area contributed by atoms with E-state index in [-0.39, 0.29) is 18.0 Å². The standard InChI is InChI=1S/C17H19FN4O2S/c1-10(2)19-16(24)21-17-20-13-6-7-22(9-14(13)25-17)15(23)11-4-3-5-12(18)8-11/h3-5,8,10H,6-7,9H2,1-2H3,(H2,19,20,21,24). The van der Waals surface area contributed by atoms with Crippen LogP contribution in [0.5, 0.6) is 0 Å². The van der Waals surface area contributed by atoms with Crippen LogP contribution in [0.4, 0.5) is 14.3 Å². The third-order valence-corrected chi connectivity index (χ3v) is 4.73. The van der Waals surface area contributed by atoms with Gasteiger partial charge < -0.3 is 10.2 Å². The molecule has 0 fully saturated rings. The molecule has 6 nitrogen and oxygen atoms in total. The zero-order valence-electron chi connectivity index (χ0n) is 14.0. The molecule has 0 spiro atoms. The minimum Gasteiger partial charge on any atom is -0.336 e. The van der Waals surface area contributed by atoms with Gasteiger partial charge in [-0.2, -0.15) is 0 Å². The molecule has 1 aliphatic rings. The quantitative estimate of drug-likeness (QED) is 0.881. The maximum Gasteiger partial charge on any atom is 0.321 e. The Balaban J connectivity index is 1.69. The van der Waals surface area contributed by atoms with Crippen molar-refractivity contribution in [3.8, 4) is 0 Å². The number of amides is 3. The van der Waals surface area contributed by atoms with Crippen LogP contribution in [0.1, 0.15) is 34.8 Å². The Bertz CT molecular complexity index is 806. The first kappa shape index (κ1) is 17.3. The fourth-order valence-electron chi connectivity index (χ4n) is 2.62. The number of carbonyl (C=O) groups is 2. The highest BCUT2D eigenvalue weighted by molar-refractivity contribution is 7.15. The lowest BCUT2D eigenvalue weighted by Crippen LogP contribution is -2.35. The zero-order chi connectivity index (χ0) is 18.0. The highest BCUT2D eigenvalue weighted by Crippen LogP contribution is 2.29. The Morgan fingerprint density at radius 3 is 2.88 bits per heavy atom. The molecule has 3 amide bonds. The number of urea groups is 1. The van der Waals surface area contributed by atoms with Crippen molar-refractivity contribution in [2.45, 2.75) is 32.9 Å². The number of hydrogen-bond acceptors (Lipinski definition) is 4. The van der Waals surface area contributed by atoms with Crippen molar-refractivity contribution in [1.82, 2.24) is 15.2 Å². The van der Waals surface area contributed by atoms with Gasteiger partial charge in [-0.3, -0.25) is 10.1 Å². The maximum absolute atomic E-state index is 13.3. The van der Waals surface area contributed by atoms with E-state index in [4.69, 9.17) is 0 Å². The monoisotopic (exact) mass is 362 g/mol. The summed E-state index contributed by atoms with van der Waals surface area (Å²) in [4.78, 5) is 31.3. The highest BCUT2D eigenvalue weighted by atomic mass is 32.1. The van der Waals surface area contributed by atoms with Gasteiger partial charge >= 0.3 is 6.03 Å². The first-order chi connectivity index (χ1) is 11.9. The summed E-state index contributed by atoms with van der Waals surface area (Å²) in [6, 6.07) is 5.43. The molecule has 1 aromatic carbocycles. The lowest BCUT2D eigenvalue weighted by molar-refractivity contribution is 0.0735. The largest absolute Gasteiger partial charge is 0.336 e. The van der Waals surface area contributed by atoms with Crippen molar-refractivity contribution in [3.63, 3.8) is 0 Å². The van der Waals surface area contributed by atoms with Crippen LogP contribution < -0.4 is 10.6 Å². The average molecular weight is 362 g/mol. The number of nitrogens with zero attached hydrogens (tertiary/aromatic N) is 2. The molecule has 25 heavy (non-hydrogen) atoms. The number of thiazole rings is 1. The van der Waals surface area contributed by atoms with Crippen molar-refractivity contribution in [3.05, 3.63) is 46.2 Å². The van der Waals surface area contributed by atoms with Crippen molar-refractivity contribution in [2.24, 2.45) is 0 Å². The van der Waals surface area contributed by atoms with Crippen LogP contribution in [-0.4, -0.2) is 34.4 Å². The molecule has 0 saturated heterocycles. The summed E-state index contributed by atoms with van der Waals surface area (Å²) in [5.41, 5.74) is 1.23. The maximum atomic E-state index is 13.3. The molecule has 8 heteroatoms. The van der Waals surface area contributed by atoms with Crippen LogP contribution in [0.2, 0.25) is 0 Å². The lowest BCUT2D eigenvalue weighted by Gasteiger charge is -2.26. The second-order valence-corrected chi connectivity index (χ2v) is 7.21. The molecule has 1 aliphatic heterocycles. The first-order valence-electron chi connectivity index (χ1n) is 8.03. The van der Waals surface area contributed by atoms with Crippen molar-refractivity contribution >= 4 is 28.4 Å². The molecule has 0 aliphatic carbocycles. The third-order valence-electron chi connectivity index (χ3n) is 3.73. The number of anilines is 1. The predicted octanol–water partition coefficient (Wildman–Crippen LogP) is 3.01. The minimum absolute atomic E-state index is 0.0361. The molecule has 0 bridgehead atoms. The fourth-order valence-corrected chi connectivity index (χ4v) is 3.64. The number of benzene rings is 1. The molecule has 1 aromatic heterocycles. The third kappa shape index (κ3) is 4.14. The molecule has 0 saturated carbocycles. The molecule has 3 rings (SSSR count). The molecular weight excluding hydrogens is 343 g/mol. The van der Waals surface area contributed by atoms with Gasteiger partial charge in [0.05, 0.1) is 12.2 Å². The van der Waals surface area contributed by atoms with E-state index >= 15 is 0 Å². The van der Waals surface area contributed by atoms with E-state index in [1.165, 1.54) is 29.5 Å². The van der Waals surface area contributed by atoms with Crippen LogP contribution in [0.3, 0.4) is 0 Å². The van der Waals surface area contributed by atoms with Gasteiger partial charge in [0, 0.05) is 29.4 Å². The van der Waals surface area contributed by atoms with E-state index in [0.29, 0.717) is 30.2 Å². The van der Waals surface area contributed by atoms with E-state index < -0.39 is 5.82 Å². The Morgan fingerprint density at radius 2 is 2.16 bits per heavy atom. The Morgan fingerprint density at radius 1 is 1.36 bits per heavy atom. The SMILES string of the molecule is CC(C)NC(=O)Nc1nc2c(s1)CN(C(=O)c1cccc(F)c1)CC2. The molecule has 2 N–H and O–H groups in total. The van der Waals surface area contributed by atoms with Crippen molar-refractivity contribution < 1.29 is 14.0 Å². The molecule has 2 heterocycles. The molecule has 0 unspecified atom stereocenters. The molecular formula is C17H19FN4O2S. The smallest absolute Gasteiger partial charge is 0.321 e. The normalized spacial score (nSPS) is 13.5. The number of rotatable bonds is 3. The number of fused-ring (bicyclic) bond motifs is 1.